The van der Waals surface area contributed by atoms with Crippen LogP contribution in [0.3, 0.4) is 0 Å². The largest absolute Gasteiger partial charge is 0.481 e. The van der Waals surface area contributed by atoms with E-state index >= 15 is 0 Å². The number of carboxylic acids is 1. The van der Waals surface area contributed by atoms with Gasteiger partial charge in [-0.05, 0) is 37.9 Å². The van der Waals surface area contributed by atoms with Crippen molar-refractivity contribution in [2.75, 3.05) is 13.1 Å². The number of carbonyl (C=O) groups is 3. The molecule has 2 aromatic rings. The standard InChI is InChI=1S/C17H19N5O2S.C2H4O2/c23-15-17(12-3-6-18-7-4-12,13-2-1-5-19-10-13)21-16(24)22(15)11-14-20-8-9-25-14;1-2(3)4/h1-2,5,8-10,12,18H,3-4,6-7,11H2,(H,21,24);1H3,(H,3,4). The summed E-state index contributed by atoms with van der Waals surface area (Å²) >= 11 is 1.44. The summed E-state index contributed by atoms with van der Waals surface area (Å²) in [4.78, 5) is 44.8. The number of urea groups is 1. The van der Waals surface area contributed by atoms with Gasteiger partial charge in [0.2, 0.25) is 0 Å². The molecule has 1 unspecified atom stereocenters. The van der Waals surface area contributed by atoms with Crippen LogP contribution in [0.4, 0.5) is 4.79 Å². The molecule has 10 heteroatoms. The van der Waals surface area contributed by atoms with Gasteiger partial charge in [0.05, 0.1) is 6.54 Å². The zero-order chi connectivity index (χ0) is 20.9. The van der Waals surface area contributed by atoms with Crippen LogP contribution in [0, 0.1) is 5.92 Å². The summed E-state index contributed by atoms with van der Waals surface area (Å²) in [7, 11) is 0. The second-order valence-corrected chi connectivity index (χ2v) is 7.82. The maximum absolute atomic E-state index is 13.4. The Balaban J connectivity index is 0.000000552. The van der Waals surface area contributed by atoms with E-state index in [9.17, 15) is 9.59 Å². The monoisotopic (exact) mass is 417 g/mol. The van der Waals surface area contributed by atoms with Gasteiger partial charge in [-0.3, -0.25) is 19.5 Å². The van der Waals surface area contributed by atoms with Gasteiger partial charge < -0.3 is 15.7 Å². The van der Waals surface area contributed by atoms with Crippen LogP contribution < -0.4 is 10.6 Å². The predicted molar refractivity (Wildman–Crippen MR) is 106 cm³/mol. The molecule has 154 valence electrons. The smallest absolute Gasteiger partial charge is 0.325 e. The van der Waals surface area contributed by atoms with Crippen molar-refractivity contribution in [1.82, 2.24) is 25.5 Å². The highest BCUT2D eigenvalue weighted by Crippen LogP contribution is 2.40. The number of carboxylic acid groups (broad SMARTS) is 1. The third-order valence-corrected chi connectivity index (χ3v) is 5.74. The Labute approximate surface area is 172 Å². The van der Waals surface area contributed by atoms with Gasteiger partial charge in [0.25, 0.3) is 11.9 Å². The molecular weight excluding hydrogens is 394 g/mol. The highest BCUT2D eigenvalue weighted by molar-refractivity contribution is 7.09. The van der Waals surface area contributed by atoms with E-state index in [1.54, 1.807) is 24.7 Å². The van der Waals surface area contributed by atoms with E-state index in [0.717, 1.165) is 43.4 Å². The minimum absolute atomic E-state index is 0.0377. The van der Waals surface area contributed by atoms with Gasteiger partial charge in [-0.2, -0.15) is 0 Å². The molecule has 0 bridgehead atoms. The van der Waals surface area contributed by atoms with Gasteiger partial charge in [-0.15, -0.1) is 11.3 Å². The maximum Gasteiger partial charge on any atom is 0.325 e. The Morgan fingerprint density at radius 2 is 2.07 bits per heavy atom. The SMILES string of the molecule is CC(=O)O.O=C1NC(c2cccnc2)(C2CCNCC2)C(=O)N1Cc1nccs1. The summed E-state index contributed by atoms with van der Waals surface area (Å²) in [5, 5.41) is 16.3. The molecular formula is C19H23N5O4S. The fourth-order valence-electron chi connectivity index (χ4n) is 3.76. The van der Waals surface area contributed by atoms with E-state index < -0.39 is 11.5 Å². The van der Waals surface area contributed by atoms with E-state index in [-0.39, 0.29) is 24.4 Å². The van der Waals surface area contributed by atoms with E-state index in [1.165, 1.54) is 16.2 Å². The normalized spacial score (nSPS) is 22.0. The number of nitrogens with zero attached hydrogens (tertiary/aromatic N) is 3. The Morgan fingerprint density at radius 3 is 2.66 bits per heavy atom. The van der Waals surface area contributed by atoms with Crippen molar-refractivity contribution < 1.29 is 19.5 Å². The van der Waals surface area contributed by atoms with Crippen molar-refractivity contribution in [3.05, 3.63) is 46.7 Å². The van der Waals surface area contributed by atoms with Gasteiger partial charge in [-0.25, -0.2) is 9.78 Å². The molecule has 2 aliphatic heterocycles. The number of hydrogen-bond donors (Lipinski definition) is 3. The topological polar surface area (TPSA) is 125 Å². The molecule has 29 heavy (non-hydrogen) atoms. The van der Waals surface area contributed by atoms with Gasteiger partial charge in [-0.1, -0.05) is 6.07 Å². The number of thiazole rings is 1. The van der Waals surface area contributed by atoms with Crippen LogP contribution >= 0.6 is 11.3 Å². The zero-order valence-corrected chi connectivity index (χ0v) is 16.8. The van der Waals surface area contributed by atoms with Crippen molar-refractivity contribution in [2.24, 2.45) is 5.92 Å². The van der Waals surface area contributed by atoms with Gasteiger partial charge in [0.1, 0.15) is 5.01 Å². The second kappa shape index (κ2) is 9.10. The molecule has 1 atom stereocenters. The number of rotatable bonds is 4. The zero-order valence-electron chi connectivity index (χ0n) is 16.0. The number of aliphatic carboxylic acids is 1. The molecule has 2 fully saturated rings. The minimum atomic E-state index is -1.04. The van der Waals surface area contributed by atoms with Crippen LogP contribution in [0.15, 0.2) is 36.1 Å². The summed E-state index contributed by atoms with van der Waals surface area (Å²) in [5.41, 5.74) is -0.285. The van der Waals surface area contributed by atoms with E-state index in [2.05, 4.69) is 20.6 Å². The number of carbonyl (C=O) groups excluding carboxylic acids is 2. The number of amides is 3. The van der Waals surface area contributed by atoms with Crippen LogP contribution in [0.5, 0.6) is 0 Å². The van der Waals surface area contributed by atoms with Crippen molar-refractivity contribution in [1.29, 1.82) is 0 Å². The van der Waals surface area contributed by atoms with Crippen LogP contribution in [0.25, 0.3) is 0 Å². The molecule has 0 aromatic carbocycles. The van der Waals surface area contributed by atoms with Crippen molar-refractivity contribution in [2.45, 2.75) is 31.8 Å². The first kappa shape index (κ1) is 20.9. The van der Waals surface area contributed by atoms with Crippen LogP contribution in [0.1, 0.15) is 30.3 Å². The maximum atomic E-state index is 13.4. The fourth-order valence-corrected chi connectivity index (χ4v) is 4.37. The Hall–Kier alpha value is -2.85. The van der Waals surface area contributed by atoms with Gasteiger partial charge in [0, 0.05) is 36.5 Å². The lowest BCUT2D eigenvalue weighted by Gasteiger charge is -2.37. The summed E-state index contributed by atoms with van der Waals surface area (Å²) in [6.07, 6.45) is 6.69. The second-order valence-electron chi connectivity index (χ2n) is 6.84. The number of pyridine rings is 1. The number of nitrogens with one attached hydrogen (secondary N) is 2. The number of imide groups is 1. The third kappa shape index (κ3) is 4.43. The Kier molecular flexibility index (Phi) is 6.55. The summed E-state index contributed by atoms with van der Waals surface area (Å²) in [6, 6.07) is 3.32. The summed E-state index contributed by atoms with van der Waals surface area (Å²) in [6.45, 7) is 2.96. The number of hydrogen-bond acceptors (Lipinski definition) is 7. The van der Waals surface area contributed by atoms with Crippen LogP contribution in [-0.4, -0.2) is 51.0 Å². The van der Waals surface area contributed by atoms with Gasteiger partial charge >= 0.3 is 6.03 Å². The highest BCUT2D eigenvalue weighted by atomic mass is 32.1. The van der Waals surface area contributed by atoms with E-state index in [1.807, 2.05) is 11.4 Å². The van der Waals surface area contributed by atoms with Gasteiger partial charge in [0.15, 0.2) is 5.54 Å². The number of piperidine rings is 1. The molecule has 4 heterocycles. The minimum Gasteiger partial charge on any atom is -0.481 e. The van der Waals surface area contributed by atoms with Crippen LogP contribution in [-0.2, 0) is 21.7 Å². The predicted octanol–water partition coefficient (Wildman–Crippen LogP) is 1.58. The lowest BCUT2D eigenvalue weighted by atomic mass is 9.74. The highest BCUT2D eigenvalue weighted by Gasteiger charge is 2.57. The lowest BCUT2D eigenvalue weighted by molar-refractivity contribution is -0.135. The molecule has 0 radical (unpaired) electrons. The molecule has 4 rings (SSSR count). The number of aromatic nitrogens is 2. The molecule has 9 nitrogen and oxygen atoms in total. The fraction of sp³-hybridized carbons (Fsp3) is 0.421. The molecule has 0 spiro atoms. The quantitative estimate of drug-likeness (QED) is 0.645. The first-order valence-corrected chi connectivity index (χ1v) is 10.2. The lowest BCUT2D eigenvalue weighted by Crippen LogP contribution is -2.53. The average molecular weight is 417 g/mol. The van der Waals surface area contributed by atoms with E-state index in [4.69, 9.17) is 9.90 Å². The molecule has 2 aliphatic rings. The molecule has 3 amide bonds. The van der Waals surface area contributed by atoms with E-state index in [0.29, 0.717) is 0 Å². The third-order valence-electron chi connectivity index (χ3n) is 4.98. The summed E-state index contributed by atoms with van der Waals surface area (Å²) in [5.74, 6) is -0.997. The molecule has 3 N–H and O–H groups in total. The summed E-state index contributed by atoms with van der Waals surface area (Å²) < 4.78 is 0. The molecule has 2 aromatic heterocycles. The van der Waals surface area contributed by atoms with Crippen molar-refractivity contribution in [3.63, 3.8) is 0 Å². The average Bonchev–Trinajstić information content (AvgIpc) is 3.32. The Morgan fingerprint density at radius 1 is 1.34 bits per heavy atom. The van der Waals surface area contributed by atoms with Crippen molar-refractivity contribution in [3.8, 4) is 0 Å². The molecule has 2 saturated heterocycles. The molecule has 0 saturated carbocycles. The molecule has 0 aliphatic carbocycles. The van der Waals surface area contributed by atoms with Crippen molar-refractivity contribution >= 4 is 29.2 Å². The van der Waals surface area contributed by atoms with Crippen LogP contribution in [0.2, 0.25) is 0 Å². The Bertz CT molecular complexity index is 851. The first-order valence-electron chi connectivity index (χ1n) is 9.28. The first-order chi connectivity index (χ1) is 13.9.